The number of piperidine rings is 1. The first kappa shape index (κ1) is 31.7. The Morgan fingerprint density at radius 3 is 2.60 bits per heavy atom. The monoisotopic (exact) mass is 621 g/mol. The van der Waals surface area contributed by atoms with Crippen LogP contribution in [0.3, 0.4) is 0 Å². The minimum Gasteiger partial charge on any atom is -0.493 e. The second kappa shape index (κ2) is 13.4. The van der Waals surface area contributed by atoms with Gasteiger partial charge in [-0.15, -0.1) is 0 Å². The van der Waals surface area contributed by atoms with Gasteiger partial charge in [-0.3, -0.25) is 10.0 Å². The molecule has 1 aromatic carbocycles. The van der Waals surface area contributed by atoms with Crippen molar-refractivity contribution in [1.29, 1.82) is 0 Å². The lowest BCUT2D eigenvalue weighted by molar-refractivity contribution is -0.983. The molecule has 16 heteroatoms. The minimum atomic E-state index is -4.00. The minimum absolute atomic E-state index is 0.00864. The SMILES string of the molecule is C=[N+]([O-])OC[C@@H](O[N+](=O)O)C1CCN(S(=O)(=O)c2ccc(OCCC)c(-c3nc4c(CCC)cn(C)c4c(=O)[nH]3)c2)CC1. The number of nitrogens with one attached hydrogen (secondary N) is 1. The van der Waals surface area contributed by atoms with E-state index in [9.17, 15) is 23.3 Å². The third-order valence-electron chi connectivity index (χ3n) is 7.36. The fourth-order valence-electron chi connectivity index (χ4n) is 5.31. The standard InChI is InChI=1S/C27H36N6O9S/c1-5-7-19-16-30(3)25-24(19)28-26(29-27(25)34)21-15-20(8-9-22(21)40-14-6-2)43(38,39)32-12-10-18(11-13-32)23(42-33(36)37)17-41-31(4)35/h8-9,15-16,18,23H,4-7,10-14,17H2,1-3H3,(H-,28,29,34,36,37)/p+1/t23-/m1/s1. The van der Waals surface area contributed by atoms with Crippen molar-refractivity contribution in [3.05, 3.63) is 50.4 Å². The van der Waals surface area contributed by atoms with Gasteiger partial charge in [-0.1, -0.05) is 20.3 Å². The number of aryl methyl sites for hydroxylation is 2. The molecule has 0 amide bonds. The van der Waals surface area contributed by atoms with Gasteiger partial charge in [0.2, 0.25) is 10.0 Å². The molecule has 0 saturated carbocycles. The fourth-order valence-corrected chi connectivity index (χ4v) is 6.81. The predicted molar refractivity (Wildman–Crippen MR) is 155 cm³/mol. The number of aromatic nitrogens is 3. The average molecular weight is 622 g/mol. The Kier molecular flexibility index (Phi) is 9.91. The first-order valence-electron chi connectivity index (χ1n) is 14.0. The van der Waals surface area contributed by atoms with Crippen molar-refractivity contribution in [2.75, 3.05) is 26.3 Å². The molecule has 0 bridgehead atoms. The molecule has 234 valence electrons. The lowest BCUT2D eigenvalue weighted by Crippen LogP contribution is -2.43. The van der Waals surface area contributed by atoms with Crippen LogP contribution >= 0.6 is 0 Å². The summed E-state index contributed by atoms with van der Waals surface area (Å²) in [6.45, 7) is 7.19. The van der Waals surface area contributed by atoms with Crippen LogP contribution in [-0.4, -0.2) is 81.6 Å². The van der Waals surface area contributed by atoms with Crippen LogP contribution in [0.25, 0.3) is 22.4 Å². The van der Waals surface area contributed by atoms with Crippen molar-refractivity contribution in [3.63, 3.8) is 0 Å². The number of hydrogen-bond acceptors (Lipinski definition) is 9. The highest BCUT2D eigenvalue weighted by Gasteiger charge is 2.37. The Bertz CT molecular complexity index is 1640. The summed E-state index contributed by atoms with van der Waals surface area (Å²) in [5, 5.41) is 19.3. The normalized spacial score (nSPS) is 15.3. The third kappa shape index (κ3) is 7.07. The van der Waals surface area contributed by atoms with Gasteiger partial charge >= 0.3 is 5.09 Å². The van der Waals surface area contributed by atoms with Crippen molar-refractivity contribution >= 4 is 27.8 Å². The van der Waals surface area contributed by atoms with Crippen LogP contribution in [0.4, 0.5) is 0 Å². The van der Waals surface area contributed by atoms with Crippen LogP contribution in [0.1, 0.15) is 45.1 Å². The van der Waals surface area contributed by atoms with E-state index in [0.717, 1.165) is 18.4 Å². The molecule has 3 heterocycles. The number of ether oxygens (including phenoxy) is 1. The Balaban J connectivity index is 1.66. The molecule has 1 saturated heterocycles. The lowest BCUT2D eigenvalue weighted by Gasteiger charge is -2.33. The number of hydrogen-bond donors (Lipinski definition) is 2. The van der Waals surface area contributed by atoms with Crippen molar-refractivity contribution in [3.8, 4) is 17.1 Å². The number of rotatable bonds is 14. The maximum absolute atomic E-state index is 13.8. The molecule has 0 aliphatic carbocycles. The smallest absolute Gasteiger partial charge is 0.475 e. The average Bonchev–Trinajstić information content (AvgIpc) is 3.29. The van der Waals surface area contributed by atoms with Gasteiger partial charge in [-0.05, 0) is 49.4 Å². The highest BCUT2D eigenvalue weighted by molar-refractivity contribution is 7.89. The molecule has 1 aliphatic rings. The summed E-state index contributed by atoms with van der Waals surface area (Å²) in [5.74, 6) is 0.199. The summed E-state index contributed by atoms with van der Waals surface area (Å²) in [6.07, 6.45) is 3.72. The molecule has 1 fully saturated rings. The molecule has 2 N–H and O–H groups in total. The van der Waals surface area contributed by atoms with Gasteiger partial charge in [-0.25, -0.2) is 18.6 Å². The molecule has 0 unspecified atom stereocenters. The van der Waals surface area contributed by atoms with Gasteiger partial charge in [0.05, 0.1) is 22.6 Å². The largest absolute Gasteiger partial charge is 0.493 e. The van der Waals surface area contributed by atoms with Crippen LogP contribution < -0.4 is 10.3 Å². The highest BCUT2D eigenvalue weighted by Crippen LogP contribution is 2.34. The number of fused-ring (bicyclic) bond motifs is 1. The molecular formula is C27H37N6O9S+. The zero-order valence-corrected chi connectivity index (χ0v) is 25.2. The number of aromatic amines is 1. The van der Waals surface area contributed by atoms with E-state index in [2.05, 4.69) is 11.7 Å². The lowest BCUT2D eigenvalue weighted by atomic mass is 9.92. The van der Waals surface area contributed by atoms with Gasteiger partial charge in [-0.2, -0.15) is 9.14 Å². The van der Waals surface area contributed by atoms with Crippen LogP contribution in [-0.2, 0) is 33.2 Å². The van der Waals surface area contributed by atoms with Crippen molar-refractivity contribution < 1.29 is 38.0 Å². The van der Waals surface area contributed by atoms with Gasteiger partial charge in [0.15, 0.2) is 12.8 Å². The Morgan fingerprint density at radius 2 is 1.98 bits per heavy atom. The molecule has 3 aromatic rings. The zero-order valence-electron chi connectivity index (χ0n) is 24.4. The summed E-state index contributed by atoms with van der Waals surface area (Å²) >= 11 is 0. The van der Waals surface area contributed by atoms with Crippen molar-refractivity contribution in [1.82, 2.24) is 18.8 Å². The van der Waals surface area contributed by atoms with Gasteiger partial charge in [0.25, 0.3) is 5.56 Å². The summed E-state index contributed by atoms with van der Waals surface area (Å²) in [5.41, 5.74) is 1.90. The summed E-state index contributed by atoms with van der Waals surface area (Å²) < 4.78 is 36.5. The van der Waals surface area contributed by atoms with Crippen LogP contribution in [0.2, 0.25) is 0 Å². The quantitative estimate of drug-likeness (QED) is 0.154. The number of H-pyrrole nitrogens is 1. The molecule has 1 atom stereocenters. The molecular weight excluding hydrogens is 584 g/mol. The molecule has 4 rings (SSSR count). The Morgan fingerprint density at radius 1 is 1.26 bits per heavy atom. The maximum Gasteiger partial charge on any atom is 0.475 e. The molecule has 1 aliphatic heterocycles. The summed E-state index contributed by atoms with van der Waals surface area (Å²) in [6, 6.07) is 4.47. The Labute approximate surface area is 248 Å². The second-order valence-corrected chi connectivity index (χ2v) is 12.3. The first-order valence-corrected chi connectivity index (χ1v) is 15.5. The zero-order chi connectivity index (χ0) is 31.3. The van der Waals surface area contributed by atoms with E-state index in [0.29, 0.717) is 35.4 Å². The van der Waals surface area contributed by atoms with Crippen LogP contribution in [0.15, 0.2) is 34.1 Å². The van der Waals surface area contributed by atoms with Crippen LogP contribution in [0, 0.1) is 16.0 Å². The molecule has 15 nitrogen and oxygen atoms in total. The number of benzene rings is 1. The van der Waals surface area contributed by atoms with E-state index in [-0.39, 0.29) is 59.6 Å². The van der Waals surface area contributed by atoms with E-state index in [4.69, 9.17) is 24.6 Å². The second-order valence-electron chi connectivity index (χ2n) is 10.4. The highest BCUT2D eigenvalue weighted by atomic mass is 32.2. The third-order valence-corrected chi connectivity index (χ3v) is 9.25. The number of sulfonamides is 1. The van der Waals surface area contributed by atoms with Crippen LogP contribution in [0.5, 0.6) is 5.75 Å². The number of nitrogens with zero attached hydrogens (tertiary/aromatic N) is 5. The topological polar surface area (TPSA) is 182 Å². The summed E-state index contributed by atoms with van der Waals surface area (Å²) in [4.78, 5) is 41.3. The van der Waals surface area contributed by atoms with Crippen molar-refractivity contribution in [2.24, 2.45) is 13.0 Å². The first-order chi connectivity index (χ1) is 20.5. The van der Waals surface area contributed by atoms with E-state index >= 15 is 0 Å². The van der Waals surface area contributed by atoms with E-state index < -0.39 is 21.2 Å². The van der Waals surface area contributed by atoms with Crippen molar-refractivity contribution in [2.45, 2.75) is 57.0 Å². The van der Waals surface area contributed by atoms with Gasteiger partial charge < -0.3 is 19.1 Å². The molecule has 0 radical (unpaired) electrons. The van der Waals surface area contributed by atoms with E-state index in [1.54, 1.807) is 17.7 Å². The fraction of sp³-hybridized carbons (Fsp3) is 0.519. The summed E-state index contributed by atoms with van der Waals surface area (Å²) in [7, 11) is -2.22. The molecule has 43 heavy (non-hydrogen) atoms. The van der Waals surface area contributed by atoms with E-state index in [1.807, 2.05) is 20.0 Å². The molecule has 2 aromatic heterocycles. The van der Waals surface area contributed by atoms with Gasteiger partial charge in [0.1, 0.15) is 28.6 Å². The van der Waals surface area contributed by atoms with E-state index in [1.165, 1.54) is 16.4 Å². The molecule has 0 spiro atoms. The Hall–Kier alpha value is -4.18. The van der Waals surface area contributed by atoms with Gasteiger partial charge in [0, 0.05) is 37.2 Å². The predicted octanol–water partition coefficient (Wildman–Crippen LogP) is 2.68. The maximum atomic E-state index is 13.8.